The first kappa shape index (κ1) is 13.4. The summed E-state index contributed by atoms with van der Waals surface area (Å²) in [5.74, 6) is 1.11. The second kappa shape index (κ2) is 5.73. The van der Waals surface area contributed by atoms with Gasteiger partial charge in [0.25, 0.3) is 0 Å². The molecular formula is C15H13ClN2O. The van der Waals surface area contributed by atoms with Gasteiger partial charge in [-0.1, -0.05) is 18.5 Å². The number of ether oxygens (including phenoxy) is 1. The van der Waals surface area contributed by atoms with Crippen LogP contribution in [-0.2, 0) is 6.42 Å². The summed E-state index contributed by atoms with van der Waals surface area (Å²) in [6.45, 7) is 3.95. The molecule has 0 amide bonds. The van der Waals surface area contributed by atoms with E-state index in [0.29, 0.717) is 22.1 Å². The highest BCUT2D eigenvalue weighted by Gasteiger charge is 2.09. The lowest BCUT2D eigenvalue weighted by molar-refractivity contribution is 0.471. The molecule has 0 fully saturated rings. The van der Waals surface area contributed by atoms with Crippen molar-refractivity contribution < 1.29 is 4.74 Å². The number of aromatic nitrogens is 1. The number of hydrogen-bond acceptors (Lipinski definition) is 3. The molecule has 0 aliphatic heterocycles. The quantitative estimate of drug-likeness (QED) is 0.838. The van der Waals surface area contributed by atoms with Crippen LogP contribution in [0.5, 0.6) is 11.5 Å². The molecule has 1 heterocycles. The van der Waals surface area contributed by atoms with Crippen LogP contribution in [0.1, 0.15) is 23.9 Å². The Bertz CT molecular complexity index is 647. The summed E-state index contributed by atoms with van der Waals surface area (Å²) in [6, 6.07) is 10.8. The molecule has 1 aromatic carbocycles. The third kappa shape index (κ3) is 3.04. The fourth-order valence-electron chi connectivity index (χ4n) is 1.74. The molecule has 4 heteroatoms. The molecule has 0 unspecified atom stereocenters. The van der Waals surface area contributed by atoms with E-state index in [0.717, 1.165) is 17.8 Å². The summed E-state index contributed by atoms with van der Waals surface area (Å²) in [5.41, 5.74) is 2.26. The van der Waals surface area contributed by atoms with Crippen LogP contribution in [0.15, 0.2) is 30.3 Å². The van der Waals surface area contributed by atoms with Crippen molar-refractivity contribution in [3.8, 4) is 17.6 Å². The number of nitriles is 1. The Morgan fingerprint density at radius 1 is 1.26 bits per heavy atom. The van der Waals surface area contributed by atoms with Gasteiger partial charge in [0.15, 0.2) is 0 Å². The zero-order chi connectivity index (χ0) is 13.8. The van der Waals surface area contributed by atoms with Crippen LogP contribution in [0.2, 0.25) is 5.02 Å². The Morgan fingerprint density at radius 2 is 2.05 bits per heavy atom. The number of rotatable bonds is 3. The summed E-state index contributed by atoms with van der Waals surface area (Å²) in [4.78, 5) is 4.42. The minimum atomic E-state index is 0.451. The van der Waals surface area contributed by atoms with E-state index in [1.165, 1.54) is 0 Å². The van der Waals surface area contributed by atoms with Gasteiger partial charge in [0.1, 0.15) is 17.6 Å². The Morgan fingerprint density at radius 3 is 2.74 bits per heavy atom. The van der Waals surface area contributed by atoms with E-state index in [-0.39, 0.29) is 0 Å². The molecule has 0 spiro atoms. The van der Waals surface area contributed by atoms with Crippen LogP contribution in [0.3, 0.4) is 0 Å². The molecule has 0 N–H and O–H groups in total. The summed E-state index contributed by atoms with van der Waals surface area (Å²) >= 11 is 5.93. The van der Waals surface area contributed by atoms with Crippen LogP contribution in [0.25, 0.3) is 0 Å². The van der Waals surface area contributed by atoms with Gasteiger partial charge in [-0.15, -0.1) is 0 Å². The van der Waals surface area contributed by atoms with Gasteiger partial charge in [-0.25, -0.2) is 0 Å². The normalized spacial score (nSPS) is 10.0. The van der Waals surface area contributed by atoms with Crippen molar-refractivity contribution >= 4 is 11.6 Å². The lowest BCUT2D eigenvalue weighted by atomic mass is 10.2. The average molecular weight is 273 g/mol. The SMILES string of the molecule is CCc1nc(C)ccc1Oc1cc(Cl)ccc1C#N. The molecule has 0 saturated heterocycles. The molecule has 0 bridgehead atoms. The highest BCUT2D eigenvalue weighted by Crippen LogP contribution is 2.29. The van der Waals surface area contributed by atoms with Gasteiger partial charge in [-0.2, -0.15) is 5.26 Å². The molecule has 2 aromatic rings. The largest absolute Gasteiger partial charge is 0.454 e. The minimum Gasteiger partial charge on any atom is -0.454 e. The number of hydrogen-bond donors (Lipinski definition) is 0. The van der Waals surface area contributed by atoms with Crippen molar-refractivity contribution in [3.63, 3.8) is 0 Å². The van der Waals surface area contributed by atoms with Gasteiger partial charge in [-0.3, -0.25) is 4.98 Å². The van der Waals surface area contributed by atoms with E-state index in [1.807, 2.05) is 26.0 Å². The highest BCUT2D eigenvalue weighted by molar-refractivity contribution is 6.30. The first-order chi connectivity index (χ1) is 9.13. The second-order valence-electron chi connectivity index (χ2n) is 4.11. The van der Waals surface area contributed by atoms with E-state index in [2.05, 4.69) is 11.1 Å². The fourth-order valence-corrected chi connectivity index (χ4v) is 1.90. The van der Waals surface area contributed by atoms with Crippen LogP contribution in [-0.4, -0.2) is 4.98 Å². The van der Waals surface area contributed by atoms with Crippen molar-refractivity contribution in [2.45, 2.75) is 20.3 Å². The van der Waals surface area contributed by atoms with Crippen molar-refractivity contribution in [3.05, 3.63) is 52.3 Å². The molecule has 0 saturated carbocycles. The molecule has 0 aliphatic rings. The molecule has 2 rings (SSSR count). The van der Waals surface area contributed by atoms with Crippen molar-refractivity contribution in [1.29, 1.82) is 5.26 Å². The Kier molecular flexibility index (Phi) is 4.03. The first-order valence-corrected chi connectivity index (χ1v) is 6.36. The number of nitrogens with zero attached hydrogens (tertiary/aromatic N) is 2. The van der Waals surface area contributed by atoms with Gasteiger partial charge in [0.2, 0.25) is 0 Å². The Hall–Kier alpha value is -2.05. The summed E-state index contributed by atoms with van der Waals surface area (Å²) in [7, 11) is 0. The summed E-state index contributed by atoms with van der Waals surface area (Å²) in [5, 5.41) is 9.60. The Balaban J connectivity index is 2.41. The smallest absolute Gasteiger partial charge is 0.148 e. The topological polar surface area (TPSA) is 45.9 Å². The van der Waals surface area contributed by atoms with E-state index in [1.54, 1.807) is 18.2 Å². The lowest BCUT2D eigenvalue weighted by Crippen LogP contribution is -1.97. The van der Waals surface area contributed by atoms with Gasteiger partial charge < -0.3 is 4.74 Å². The number of halogens is 1. The van der Waals surface area contributed by atoms with Crippen molar-refractivity contribution in [1.82, 2.24) is 4.98 Å². The van der Waals surface area contributed by atoms with Gasteiger partial charge in [0.05, 0.1) is 11.3 Å². The van der Waals surface area contributed by atoms with E-state index < -0.39 is 0 Å². The lowest BCUT2D eigenvalue weighted by Gasteiger charge is -2.11. The molecule has 19 heavy (non-hydrogen) atoms. The third-order valence-electron chi connectivity index (χ3n) is 2.69. The minimum absolute atomic E-state index is 0.451. The standard InChI is InChI=1S/C15H13ClN2O/c1-3-13-14(7-4-10(2)18-13)19-15-8-12(16)6-5-11(15)9-17/h4-8H,3H2,1-2H3. The van der Waals surface area contributed by atoms with Crippen molar-refractivity contribution in [2.24, 2.45) is 0 Å². The zero-order valence-corrected chi connectivity index (χ0v) is 11.5. The highest BCUT2D eigenvalue weighted by atomic mass is 35.5. The van der Waals surface area contributed by atoms with Gasteiger partial charge in [0, 0.05) is 16.8 Å². The van der Waals surface area contributed by atoms with Crippen LogP contribution < -0.4 is 4.74 Å². The van der Waals surface area contributed by atoms with E-state index in [9.17, 15) is 0 Å². The Labute approximate surface area is 117 Å². The van der Waals surface area contributed by atoms with Gasteiger partial charge in [-0.05, 0) is 37.6 Å². The molecule has 1 aromatic heterocycles. The monoisotopic (exact) mass is 272 g/mol. The molecular weight excluding hydrogens is 260 g/mol. The van der Waals surface area contributed by atoms with Crippen LogP contribution in [0, 0.1) is 18.3 Å². The maximum Gasteiger partial charge on any atom is 0.148 e. The molecule has 0 radical (unpaired) electrons. The maximum absolute atomic E-state index is 9.07. The second-order valence-corrected chi connectivity index (χ2v) is 4.54. The molecule has 96 valence electrons. The number of pyridine rings is 1. The van der Waals surface area contributed by atoms with Gasteiger partial charge >= 0.3 is 0 Å². The molecule has 0 atom stereocenters. The van der Waals surface area contributed by atoms with E-state index in [4.69, 9.17) is 21.6 Å². The predicted molar refractivity (Wildman–Crippen MR) is 74.6 cm³/mol. The van der Waals surface area contributed by atoms with E-state index >= 15 is 0 Å². The van der Waals surface area contributed by atoms with Crippen molar-refractivity contribution in [2.75, 3.05) is 0 Å². The fraction of sp³-hybridized carbons (Fsp3) is 0.200. The zero-order valence-electron chi connectivity index (χ0n) is 10.8. The maximum atomic E-state index is 9.07. The molecule has 0 aliphatic carbocycles. The first-order valence-electron chi connectivity index (χ1n) is 5.98. The summed E-state index contributed by atoms with van der Waals surface area (Å²) in [6.07, 6.45) is 0.763. The summed E-state index contributed by atoms with van der Waals surface area (Å²) < 4.78 is 5.79. The molecule has 3 nitrogen and oxygen atoms in total. The average Bonchev–Trinajstić information content (AvgIpc) is 2.41. The predicted octanol–water partition coefficient (Wildman–Crippen LogP) is 4.27. The number of benzene rings is 1. The number of aryl methyl sites for hydroxylation is 2. The van der Waals surface area contributed by atoms with Crippen LogP contribution >= 0.6 is 11.6 Å². The van der Waals surface area contributed by atoms with Crippen LogP contribution in [0.4, 0.5) is 0 Å². The third-order valence-corrected chi connectivity index (χ3v) is 2.93.